The Bertz CT molecular complexity index is 487. The van der Waals surface area contributed by atoms with Gasteiger partial charge in [-0.15, -0.1) is 0 Å². The highest BCUT2D eigenvalue weighted by Crippen LogP contribution is 2.49. The molecule has 0 aliphatic carbocycles. The maximum Gasteiger partial charge on any atom is 0.309 e. The lowest BCUT2D eigenvalue weighted by atomic mass is 9.99. The van der Waals surface area contributed by atoms with E-state index in [-0.39, 0.29) is 25.3 Å². The molecule has 0 spiro atoms. The number of ether oxygens (including phenoxy) is 1. The van der Waals surface area contributed by atoms with E-state index in [0.29, 0.717) is 6.42 Å². The third-order valence-corrected chi connectivity index (χ3v) is 5.67. The van der Waals surface area contributed by atoms with Crippen molar-refractivity contribution in [2.75, 3.05) is 32.0 Å². The summed E-state index contributed by atoms with van der Waals surface area (Å²) in [5, 5.41) is 0. The first-order chi connectivity index (χ1) is 10.0. The molecule has 0 aliphatic heterocycles. The van der Waals surface area contributed by atoms with Gasteiger partial charge >= 0.3 is 5.97 Å². The van der Waals surface area contributed by atoms with E-state index in [1.807, 2.05) is 13.8 Å². The minimum Gasteiger partial charge on any atom is -0.466 e. The summed E-state index contributed by atoms with van der Waals surface area (Å²) in [7, 11) is -7.14. The van der Waals surface area contributed by atoms with Gasteiger partial charge in [0.25, 0.3) is 10.1 Å². The summed E-state index contributed by atoms with van der Waals surface area (Å²) in [5.74, 6) is -0.865. The fraction of sp³-hybridized carbons (Fsp3) is 0.923. The number of hydrogen-bond acceptors (Lipinski definition) is 7. The van der Waals surface area contributed by atoms with Gasteiger partial charge in [0.05, 0.1) is 25.4 Å². The van der Waals surface area contributed by atoms with Gasteiger partial charge in [-0.3, -0.25) is 13.5 Å². The lowest BCUT2D eigenvalue weighted by Crippen LogP contribution is -2.25. The number of carbonyl (C=O) groups excluding carboxylic acids is 1. The van der Waals surface area contributed by atoms with Crippen molar-refractivity contribution in [3.63, 3.8) is 0 Å². The Morgan fingerprint density at radius 1 is 1.18 bits per heavy atom. The van der Waals surface area contributed by atoms with Crippen molar-refractivity contribution >= 4 is 23.5 Å². The molecule has 0 rings (SSSR count). The van der Waals surface area contributed by atoms with E-state index in [2.05, 4.69) is 4.18 Å². The maximum absolute atomic E-state index is 12.7. The molecule has 0 heterocycles. The summed E-state index contributed by atoms with van der Waals surface area (Å²) >= 11 is 0. The van der Waals surface area contributed by atoms with Gasteiger partial charge in [0.2, 0.25) is 7.37 Å². The average Bonchev–Trinajstić information content (AvgIpc) is 2.35. The van der Waals surface area contributed by atoms with Crippen LogP contribution in [-0.4, -0.2) is 46.4 Å². The van der Waals surface area contributed by atoms with Crippen LogP contribution in [0.5, 0.6) is 0 Å². The summed E-state index contributed by atoms with van der Waals surface area (Å²) in [6.45, 7) is 7.58. The summed E-state index contributed by atoms with van der Waals surface area (Å²) in [6, 6.07) is 0. The number of esters is 1. The molecule has 22 heavy (non-hydrogen) atoms. The fourth-order valence-corrected chi connectivity index (χ4v) is 5.10. The molecular weight excluding hydrogens is 331 g/mol. The van der Waals surface area contributed by atoms with Crippen molar-refractivity contribution in [1.29, 1.82) is 0 Å². The molecule has 0 N–H and O–H groups in total. The molecule has 0 amide bonds. The van der Waals surface area contributed by atoms with E-state index in [1.54, 1.807) is 13.8 Å². The molecule has 2 unspecified atom stereocenters. The van der Waals surface area contributed by atoms with Crippen LogP contribution in [0.4, 0.5) is 0 Å². The molecule has 0 saturated carbocycles. The van der Waals surface area contributed by atoms with Crippen molar-refractivity contribution in [2.45, 2.75) is 34.1 Å². The Labute approximate surface area is 133 Å². The van der Waals surface area contributed by atoms with Gasteiger partial charge in [-0.2, -0.15) is 8.42 Å². The molecule has 0 aromatic rings. The fourth-order valence-electron chi connectivity index (χ4n) is 1.96. The van der Waals surface area contributed by atoms with Gasteiger partial charge in [0, 0.05) is 6.16 Å². The van der Waals surface area contributed by atoms with Crippen molar-refractivity contribution in [3.8, 4) is 0 Å². The third kappa shape index (κ3) is 9.56. The monoisotopic (exact) mass is 358 g/mol. The van der Waals surface area contributed by atoms with Crippen molar-refractivity contribution < 1.29 is 31.2 Å². The number of hydrogen-bond donors (Lipinski definition) is 0. The molecule has 0 radical (unpaired) electrons. The summed E-state index contributed by atoms with van der Waals surface area (Å²) in [4.78, 5) is 12.0. The Morgan fingerprint density at radius 3 is 2.18 bits per heavy atom. The smallest absolute Gasteiger partial charge is 0.309 e. The van der Waals surface area contributed by atoms with E-state index in [0.717, 1.165) is 6.26 Å². The van der Waals surface area contributed by atoms with Crippen LogP contribution in [0.25, 0.3) is 0 Å². The maximum atomic E-state index is 12.7. The highest BCUT2D eigenvalue weighted by molar-refractivity contribution is 7.86. The van der Waals surface area contributed by atoms with E-state index in [4.69, 9.17) is 9.26 Å². The molecule has 132 valence electrons. The number of rotatable bonds is 11. The van der Waals surface area contributed by atoms with Crippen LogP contribution in [0.3, 0.4) is 0 Å². The normalized spacial score (nSPS) is 16.3. The molecule has 0 saturated heterocycles. The van der Waals surface area contributed by atoms with Crippen molar-refractivity contribution in [2.24, 2.45) is 11.8 Å². The van der Waals surface area contributed by atoms with E-state index >= 15 is 0 Å². The van der Waals surface area contributed by atoms with Crippen molar-refractivity contribution in [1.82, 2.24) is 0 Å². The Morgan fingerprint density at radius 2 is 1.77 bits per heavy atom. The molecule has 9 heteroatoms. The standard InChI is InChI=1S/C13H27O7PS/c1-6-18-13(14)12(8-11(3)4)9-21(15,19-7-2)10-20-22(5,16)17/h11-12H,6-10H2,1-5H3. The Balaban J connectivity index is 5.10. The molecule has 0 aromatic heterocycles. The first kappa shape index (κ1) is 21.6. The second-order valence-corrected chi connectivity index (χ2v) is 9.60. The molecule has 0 fully saturated rings. The minimum atomic E-state index is -3.73. The quantitative estimate of drug-likeness (QED) is 0.318. The SMILES string of the molecule is CCOC(=O)C(CC(C)C)CP(=O)(COS(C)(=O)=O)OCC. The van der Waals surface area contributed by atoms with Crippen LogP contribution in [0, 0.1) is 11.8 Å². The van der Waals surface area contributed by atoms with Gasteiger partial charge < -0.3 is 9.26 Å². The molecule has 0 bridgehead atoms. The summed E-state index contributed by atoms with van der Waals surface area (Å²) in [5.41, 5.74) is 0. The van der Waals surface area contributed by atoms with Crippen LogP contribution in [0.1, 0.15) is 34.1 Å². The van der Waals surface area contributed by atoms with Crippen LogP contribution in [0.15, 0.2) is 0 Å². The highest BCUT2D eigenvalue weighted by atomic mass is 32.2. The largest absolute Gasteiger partial charge is 0.466 e. The zero-order valence-electron chi connectivity index (χ0n) is 13.9. The Hall–Kier alpha value is -0.430. The second kappa shape index (κ2) is 9.65. The molecule has 2 atom stereocenters. The van der Waals surface area contributed by atoms with Gasteiger partial charge in [-0.05, 0) is 26.2 Å². The lowest BCUT2D eigenvalue weighted by Gasteiger charge is -2.23. The van der Waals surface area contributed by atoms with Crippen LogP contribution >= 0.6 is 7.37 Å². The van der Waals surface area contributed by atoms with E-state index in [9.17, 15) is 17.8 Å². The van der Waals surface area contributed by atoms with E-state index < -0.39 is 35.7 Å². The van der Waals surface area contributed by atoms with Crippen molar-refractivity contribution in [3.05, 3.63) is 0 Å². The van der Waals surface area contributed by atoms with Crippen LogP contribution in [0.2, 0.25) is 0 Å². The van der Waals surface area contributed by atoms with Gasteiger partial charge in [0.15, 0.2) is 0 Å². The lowest BCUT2D eigenvalue weighted by molar-refractivity contribution is -0.147. The van der Waals surface area contributed by atoms with Gasteiger partial charge in [-0.1, -0.05) is 13.8 Å². The minimum absolute atomic E-state index is 0.0899. The van der Waals surface area contributed by atoms with E-state index in [1.165, 1.54) is 0 Å². The third-order valence-electron chi connectivity index (χ3n) is 2.70. The number of carbonyl (C=O) groups is 1. The first-order valence-corrected chi connectivity index (χ1v) is 11.1. The average molecular weight is 358 g/mol. The van der Waals surface area contributed by atoms with Gasteiger partial charge in [0.1, 0.15) is 6.35 Å². The summed E-state index contributed by atoms with van der Waals surface area (Å²) < 4.78 is 49.8. The topological polar surface area (TPSA) is 96.0 Å². The van der Waals surface area contributed by atoms with Crippen LogP contribution < -0.4 is 0 Å². The second-order valence-electron chi connectivity index (χ2n) is 5.44. The first-order valence-electron chi connectivity index (χ1n) is 7.26. The predicted octanol–water partition coefficient (Wildman–Crippen LogP) is 2.46. The predicted molar refractivity (Wildman–Crippen MR) is 84.5 cm³/mol. The summed E-state index contributed by atoms with van der Waals surface area (Å²) in [6.07, 6.45) is 0.704. The molecule has 0 aliphatic rings. The van der Waals surface area contributed by atoms with Gasteiger partial charge in [-0.25, -0.2) is 0 Å². The zero-order valence-corrected chi connectivity index (χ0v) is 15.6. The highest BCUT2D eigenvalue weighted by Gasteiger charge is 2.34. The molecular formula is C13H27O7PS. The zero-order chi connectivity index (χ0) is 17.4. The molecule has 0 aromatic carbocycles. The molecule has 7 nitrogen and oxygen atoms in total. The van der Waals surface area contributed by atoms with Crippen LogP contribution in [-0.2, 0) is 32.9 Å². The Kier molecular flexibility index (Phi) is 9.46.